The fraction of sp³-hybridized carbons (Fsp3) is 0. The molecule has 0 spiro atoms. The summed E-state index contributed by atoms with van der Waals surface area (Å²) in [5.74, 6) is 0.167. The molecular weight excluding hydrogens is 268 g/mol. The second-order valence-corrected chi connectivity index (χ2v) is 4.58. The Morgan fingerprint density at radius 1 is 1.00 bits per heavy atom. The van der Waals surface area contributed by atoms with E-state index in [1.807, 2.05) is 24.3 Å². The predicted molar refractivity (Wildman–Crippen MR) is 77.9 cm³/mol. The maximum absolute atomic E-state index is 12.2. The van der Waals surface area contributed by atoms with Gasteiger partial charge in [0.25, 0.3) is 5.91 Å². The van der Waals surface area contributed by atoms with Crippen molar-refractivity contribution in [2.24, 2.45) is 0 Å². The number of carbonyl (C=O) groups excluding carboxylic acids is 1. The molecule has 0 fully saturated rings. The molecule has 0 atom stereocenters. The zero-order valence-electron chi connectivity index (χ0n) is 10.8. The summed E-state index contributed by atoms with van der Waals surface area (Å²) in [6.45, 7) is 0. The van der Waals surface area contributed by atoms with Gasteiger partial charge in [0.2, 0.25) is 5.95 Å². The molecule has 2 aromatic carbocycles. The number of para-hydroxylation sites is 2. The van der Waals surface area contributed by atoms with Crippen LogP contribution in [-0.4, -0.2) is 31.3 Å². The summed E-state index contributed by atoms with van der Waals surface area (Å²) in [7, 11) is 0. The van der Waals surface area contributed by atoms with Crippen LogP contribution >= 0.6 is 0 Å². The van der Waals surface area contributed by atoms with Crippen molar-refractivity contribution in [2.45, 2.75) is 0 Å². The number of nitrogens with one attached hydrogen (secondary N) is 3. The number of anilines is 1. The molecule has 0 saturated heterocycles. The molecule has 3 N–H and O–H groups in total. The number of nitrogens with zero attached hydrogens (tertiary/aromatic N) is 3. The quantitative estimate of drug-likeness (QED) is 0.522. The van der Waals surface area contributed by atoms with Crippen molar-refractivity contribution in [3.63, 3.8) is 0 Å². The summed E-state index contributed by atoms with van der Waals surface area (Å²) in [5, 5.41) is 13.2. The van der Waals surface area contributed by atoms with E-state index < -0.39 is 0 Å². The van der Waals surface area contributed by atoms with Crippen LogP contribution < -0.4 is 5.32 Å². The van der Waals surface area contributed by atoms with E-state index in [0.717, 1.165) is 16.6 Å². The molecule has 4 aromatic rings. The summed E-state index contributed by atoms with van der Waals surface area (Å²) >= 11 is 0. The van der Waals surface area contributed by atoms with Gasteiger partial charge < -0.3 is 4.98 Å². The van der Waals surface area contributed by atoms with Gasteiger partial charge in [0.15, 0.2) is 0 Å². The monoisotopic (exact) mass is 278 g/mol. The minimum Gasteiger partial charge on any atom is -0.324 e. The van der Waals surface area contributed by atoms with E-state index >= 15 is 0 Å². The molecule has 0 radical (unpaired) electrons. The first-order valence-corrected chi connectivity index (χ1v) is 6.36. The number of H-pyrrole nitrogens is 2. The normalized spacial score (nSPS) is 11.0. The molecule has 4 rings (SSSR count). The Morgan fingerprint density at radius 2 is 1.86 bits per heavy atom. The van der Waals surface area contributed by atoms with Crippen LogP contribution in [0.1, 0.15) is 10.4 Å². The number of benzene rings is 2. The van der Waals surface area contributed by atoms with Crippen molar-refractivity contribution in [2.75, 3.05) is 5.32 Å². The van der Waals surface area contributed by atoms with Gasteiger partial charge in [0.05, 0.1) is 11.0 Å². The van der Waals surface area contributed by atoms with Gasteiger partial charge in [-0.1, -0.05) is 12.1 Å². The van der Waals surface area contributed by atoms with E-state index in [9.17, 15) is 4.79 Å². The number of rotatable bonds is 2. The number of aromatic amines is 2. The number of carbonyl (C=O) groups is 1. The Bertz CT molecular complexity index is 921. The lowest BCUT2D eigenvalue weighted by Crippen LogP contribution is -2.12. The minimum atomic E-state index is -0.251. The second-order valence-electron chi connectivity index (χ2n) is 4.58. The molecular formula is C14H10N6O. The van der Waals surface area contributed by atoms with Crippen molar-refractivity contribution in [3.8, 4) is 0 Å². The van der Waals surface area contributed by atoms with Gasteiger partial charge >= 0.3 is 0 Å². The van der Waals surface area contributed by atoms with Crippen LogP contribution in [0, 0.1) is 0 Å². The van der Waals surface area contributed by atoms with Crippen LogP contribution in [0.25, 0.3) is 22.1 Å². The number of aromatic nitrogens is 5. The van der Waals surface area contributed by atoms with Crippen molar-refractivity contribution >= 4 is 33.9 Å². The smallest absolute Gasteiger partial charge is 0.258 e. The molecule has 102 valence electrons. The number of amides is 1. The maximum Gasteiger partial charge on any atom is 0.258 e. The van der Waals surface area contributed by atoms with Crippen molar-refractivity contribution < 1.29 is 4.79 Å². The van der Waals surface area contributed by atoms with Gasteiger partial charge in [0, 0.05) is 5.56 Å². The van der Waals surface area contributed by atoms with E-state index in [1.165, 1.54) is 0 Å². The van der Waals surface area contributed by atoms with E-state index in [2.05, 4.69) is 30.7 Å². The molecule has 7 nitrogen and oxygen atoms in total. The lowest BCUT2D eigenvalue weighted by atomic mass is 10.2. The van der Waals surface area contributed by atoms with Gasteiger partial charge in [-0.2, -0.15) is 15.4 Å². The molecule has 0 aliphatic heterocycles. The molecule has 0 bridgehead atoms. The van der Waals surface area contributed by atoms with Crippen LogP contribution in [0.2, 0.25) is 0 Å². The van der Waals surface area contributed by atoms with Crippen molar-refractivity contribution in [1.29, 1.82) is 0 Å². The van der Waals surface area contributed by atoms with Gasteiger partial charge in [-0.25, -0.2) is 4.98 Å². The first-order chi connectivity index (χ1) is 10.3. The topological polar surface area (TPSA) is 99.4 Å². The van der Waals surface area contributed by atoms with Gasteiger partial charge in [-0.05, 0) is 30.3 Å². The van der Waals surface area contributed by atoms with Crippen molar-refractivity contribution in [1.82, 2.24) is 25.4 Å². The fourth-order valence-corrected chi connectivity index (χ4v) is 2.17. The first-order valence-electron chi connectivity index (χ1n) is 6.36. The Hall–Kier alpha value is -3.22. The van der Waals surface area contributed by atoms with Gasteiger partial charge in [0.1, 0.15) is 11.0 Å². The standard InChI is InChI=1S/C14H10N6O/c21-13(8-5-6-11-12(7-8)19-20-18-11)17-14-15-9-3-1-2-4-10(9)16-14/h1-7H,(H,18,19,20)(H2,15,16,17,21). The van der Waals surface area contributed by atoms with E-state index in [-0.39, 0.29) is 5.91 Å². The third-order valence-corrected chi connectivity index (χ3v) is 3.20. The fourth-order valence-electron chi connectivity index (χ4n) is 2.17. The summed E-state index contributed by atoms with van der Waals surface area (Å²) in [5.41, 5.74) is 3.54. The highest BCUT2D eigenvalue weighted by atomic mass is 16.1. The van der Waals surface area contributed by atoms with E-state index in [0.29, 0.717) is 17.0 Å². The molecule has 0 saturated carbocycles. The zero-order chi connectivity index (χ0) is 14.2. The van der Waals surface area contributed by atoms with Crippen molar-refractivity contribution in [3.05, 3.63) is 48.0 Å². The Labute approximate surface area is 118 Å². The lowest BCUT2D eigenvalue weighted by Gasteiger charge is -2.01. The average Bonchev–Trinajstić information content (AvgIpc) is 3.11. The van der Waals surface area contributed by atoms with Crippen LogP contribution in [0.4, 0.5) is 5.95 Å². The SMILES string of the molecule is O=C(Nc1nc2ccccc2[nH]1)c1ccc2n[nH]nc2c1. The number of hydrogen-bond donors (Lipinski definition) is 3. The highest BCUT2D eigenvalue weighted by molar-refractivity contribution is 6.05. The average molecular weight is 278 g/mol. The second kappa shape index (κ2) is 4.41. The van der Waals surface area contributed by atoms with Crippen LogP contribution in [0.5, 0.6) is 0 Å². The molecule has 0 unspecified atom stereocenters. The highest BCUT2D eigenvalue weighted by Crippen LogP contribution is 2.15. The number of fused-ring (bicyclic) bond motifs is 2. The van der Waals surface area contributed by atoms with E-state index in [1.54, 1.807) is 18.2 Å². The summed E-state index contributed by atoms with van der Waals surface area (Å²) in [4.78, 5) is 19.6. The molecule has 1 amide bonds. The first kappa shape index (κ1) is 11.6. The summed E-state index contributed by atoms with van der Waals surface area (Å²) < 4.78 is 0. The highest BCUT2D eigenvalue weighted by Gasteiger charge is 2.10. The largest absolute Gasteiger partial charge is 0.324 e. The number of imidazole rings is 1. The third kappa shape index (κ3) is 2.00. The Balaban J connectivity index is 1.64. The molecule has 7 heteroatoms. The maximum atomic E-state index is 12.2. The molecule has 21 heavy (non-hydrogen) atoms. The predicted octanol–water partition coefficient (Wildman–Crippen LogP) is 2.09. The minimum absolute atomic E-state index is 0.251. The molecule has 2 heterocycles. The van der Waals surface area contributed by atoms with Crippen LogP contribution in [0.15, 0.2) is 42.5 Å². The van der Waals surface area contributed by atoms with Crippen LogP contribution in [0.3, 0.4) is 0 Å². The molecule has 2 aromatic heterocycles. The van der Waals surface area contributed by atoms with E-state index in [4.69, 9.17) is 0 Å². The number of hydrogen-bond acceptors (Lipinski definition) is 4. The van der Waals surface area contributed by atoms with Gasteiger partial charge in [-0.15, -0.1) is 0 Å². The molecule has 0 aliphatic carbocycles. The summed E-state index contributed by atoms with van der Waals surface area (Å²) in [6, 6.07) is 12.7. The van der Waals surface area contributed by atoms with Gasteiger partial charge in [-0.3, -0.25) is 10.1 Å². The molecule has 0 aliphatic rings. The zero-order valence-corrected chi connectivity index (χ0v) is 10.8. The summed E-state index contributed by atoms with van der Waals surface area (Å²) in [6.07, 6.45) is 0. The Kier molecular flexibility index (Phi) is 2.43. The Morgan fingerprint density at radius 3 is 2.76 bits per heavy atom. The van der Waals surface area contributed by atoms with Crippen LogP contribution in [-0.2, 0) is 0 Å². The third-order valence-electron chi connectivity index (χ3n) is 3.20. The lowest BCUT2D eigenvalue weighted by molar-refractivity contribution is 0.102.